The molecule has 166 valence electrons. The van der Waals surface area contributed by atoms with Crippen molar-refractivity contribution in [3.63, 3.8) is 0 Å². The molecule has 4 nitrogen and oxygen atoms in total. The highest BCUT2D eigenvalue weighted by atomic mass is 35.5. The molecule has 0 spiro atoms. The van der Waals surface area contributed by atoms with Crippen molar-refractivity contribution in [1.82, 2.24) is 9.88 Å². The van der Waals surface area contributed by atoms with E-state index in [4.69, 9.17) is 11.6 Å². The molecule has 5 rings (SSSR count). The maximum atomic E-state index is 12.7. The number of hydrogen-bond donors (Lipinski definition) is 2. The van der Waals surface area contributed by atoms with Crippen LogP contribution in [0.2, 0.25) is 5.02 Å². The van der Waals surface area contributed by atoms with Gasteiger partial charge in [-0.15, -0.1) is 0 Å². The summed E-state index contributed by atoms with van der Waals surface area (Å²) in [7, 11) is 0. The molecule has 33 heavy (non-hydrogen) atoms. The number of nitrogens with one attached hydrogen (secondary N) is 2. The van der Waals surface area contributed by atoms with Crippen LogP contribution >= 0.6 is 23.4 Å². The van der Waals surface area contributed by atoms with E-state index in [2.05, 4.69) is 77.6 Å². The summed E-state index contributed by atoms with van der Waals surface area (Å²) in [4.78, 5) is 13.4. The molecule has 0 saturated carbocycles. The predicted octanol–water partition coefficient (Wildman–Crippen LogP) is 6.81. The first-order chi connectivity index (χ1) is 15.9. The maximum absolute atomic E-state index is 12.7. The topological polar surface area (TPSA) is 46.1 Å². The number of thioether (sulfide) groups is 1. The van der Waals surface area contributed by atoms with Crippen molar-refractivity contribution in [3.05, 3.63) is 99.2 Å². The second kappa shape index (κ2) is 8.65. The second-order valence-corrected chi connectivity index (χ2v) is 9.86. The zero-order chi connectivity index (χ0) is 23.1. The highest BCUT2D eigenvalue weighted by Gasteiger charge is 2.28. The van der Waals surface area contributed by atoms with E-state index in [-0.39, 0.29) is 11.4 Å². The molecule has 3 aromatic carbocycles. The van der Waals surface area contributed by atoms with Crippen molar-refractivity contribution < 1.29 is 4.79 Å². The summed E-state index contributed by atoms with van der Waals surface area (Å²) in [5.74, 6) is -0.0762. The van der Waals surface area contributed by atoms with Crippen LogP contribution in [0.5, 0.6) is 0 Å². The Bertz CT molecular complexity index is 1420. The average molecular weight is 474 g/mol. The minimum Gasteiger partial charge on any atom is -0.356 e. The second-order valence-electron chi connectivity index (χ2n) is 8.28. The number of halogens is 1. The molecular formula is C27H24ClN3OS. The smallest absolute Gasteiger partial charge is 0.260 e. The monoisotopic (exact) mass is 473 g/mol. The lowest BCUT2D eigenvalue weighted by atomic mass is 10.1. The molecule has 1 aliphatic rings. The van der Waals surface area contributed by atoms with Gasteiger partial charge in [0.1, 0.15) is 0 Å². The third-order valence-corrected chi connectivity index (χ3v) is 7.23. The number of carbonyl (C=O) groups excluding carboxylic acids is 1. The van der Waals surface area contributed by atoms with Crippen molar-refractivity contribution in [2.75, 3.05) is 5.32 Å². The number of hydrogen-bond acceptors (Lipinski definition) is 3. The van der Waals surface area contributed by atoms with Gasteiger partial charge in [0.2, 0.25) is 0 Å². The summed E-state index contributed by atoms with van der Waals surface area (Å²) < 4.78 is 2.24. The fourth-order valence-electron chi connectivity index (χ4n) is 4.24. The third-order valence-electron chi connectivity index (χ3n) is 5.97. The van der Waals surface area contributed by atoms with Gasteiger partial charge >= 0.3 is 0 Å². The Kier molecular flexibility index (Phi) is 5.69. The molecule has 1 unspecified atom stereocenters. The summed E-state index contributed by atoms with van der Waals surface area (Å²) in [5.41, 5.74) is 6.13. The van der Waals surface area contributed by atoms with Crippen LogP contribution in [0.25, 0.3) is 22.5 Å². The molecular weight excluding hydrogens is 450 g/mol. The zero-order valence-corrected chi connectivity index (χ0v) is 20.2. The molecule has 6 heteroatoms. The van der Waals surface area contributed by atoms with Gasteiger partial charge in [-0.1, -0.05) is 59.8 Å². The van der Waals surface area contributed by atoms with Crippen LogP contribution in [0.15, 0.2) is 71.6 Å². The fraction of sp³-hybridized carbons (Fsp3) is 0.148. The fourth-order valence-corrected chi connectivity index (χ4v) is 5.38. The number of aromatic nitrogens is 1. The molecule has 1 atom stereocenters. The molecule has 1 aromatic heterocycles. The summed E-state index contributed by atoms with van der Waals surface area (Å²) in [6.45, 7) is 6.20. The quantitative estimate of drug-likeness (QED) is 0.320. The van der Waals surface area contributed by atoms with E-state index in [0.717, 1.165) is 33.9 Å². The molecule has 0 bridgehead atoms. The molecule has 1 saturated heterocycles. The Morgan fingerprint density at radius 1 is 1.00 bits per heavy atom. The van der Waals surface area contributed by atoms with Crippen LogP contribution in [-0.4, -0.2) is 16.0 Å². The van der Waals surface area contributed by atoms with Crippen LogP contribution in [0.3, 0.4) is 0 Å². The summed E-state index contributed by atoms with van der Waals surface area (Å²) in [6, 6.07) is 22.7. The van der Waals surface area contributed by atoms with Gasteiger partial charge in [0.25, 0.3) is 5.91 Å². The molecule has 1 amide bonds. The maximum Gasteiger partial charge on any atom is 0.260 e. The first kappa shape index (κ1) is 21.7. The zero-order valence-electron chi connectivity index (χ0n) is 18.6. The van der Waals surface area contributed by atoms with Gasteiger partial charge in [0.15, 0.2) is 5.50 Å². The lowest BCUT2D eigenvalue weighted by Crippen LogP contribution is -2.31. The Morgan fingerprint density at radius 3 is 2.61 bits per heavy atom. The van der Waals surface area contributed by atoms with Crippen molar-refractivity contribution >= 4 is 51.8 Å². The third kappa shape index (κ3) is 4.26. The van der Waals surface area contributed by atoms with Crippen LogP contribution in [0.1, 0.15) is 22.5 Å². The van der Waals surface area contributed by atoms with Crippen LogP contribution in [0, 0.1) is 20.8 Å². The lowest BCUT2D eigenvalue weighted by Gasteiger charge is -2.15. The number of nitrogens with zero attached hydrogens (tertiary/aromatic N) is 1. The van der Waals surface area contributed by atoms with Crippen molar-refractivity contribution in [1.29, 1.82) is 0 Å². The minimum atomic E-state index is -0.245. The Morgan fingerprint density at radius 2 is 1.79 bits per heavy atom. The van der Waals surface area contributed by atoms with E-state index >= 15 is 0 Å². The van der Waals surface area contributed by atoms with Gasteiger partial charge < -0.3 is 15.2 Å². The number of amides is 1. The van der Waals surface area contributed by atoms with E-state index < -0.39 is 0 Å². The summed E-state index contributed by atoms with van der Waals surface area (Å²) in [6.07, 6.45) is 1.98. The number of fused-ring (bicyclic) bond motifs is 1. The van der Waals surface area contributed by atoms with E-state index in [9.17, 15) is 4.79 Å². The molecule has 1 fully saturated rings. The Labute approximate surface area is 202 Å². The Hall–Kier alpha value is -3.15. The van der Waals surface area contributed by atoms with E-state index in [1.54, 1.807) is 0 Å². The Balaban J connectivity index is 1.42. The van der Waals surface area contributed by atoms with Crippen LogP contribution in [-0.2, 0) is 4.79 Å². The SMILES string of the molecule is Cc1ccc(Cl)cc1NC1NC(=O)/C(=C/c2cc(C)n(-c3ccc4ccccc4c3)c2C)S1. The minimum absolute atomic E-state index is 0.0762. The normalized spacial score (nSPS) is 17.0. The first-order valence-corrected chi connectivity index (χ1v) is 12.0. The molecule has 0 radical (unpaired) electrons. The number of benzene rings is 3. The van der Waals surface area contributed by atoms with Crippen LogP contribution in [0.4, 0.5) is 5.69 Å². The van der Waals surface area contributed by atoms with Gasteiger partial charge in [-0.2, -0.15) is 0 Å². The van der Waals surface area contributed by atoms with Gasteiger partial charge in [0, 0.05) is 27.8 Å². The summed E-state index contributed by atoms with van der Waals surface area (Å²) >= 11 is 7.62. The first-order valence-electron chi connectivity index (χ1n) is 10.8. The number of aryl methyl sites for hydroxylation is 2. The average Bonchev–Trinajstić information content (AvgIpc) is 3.28. The molecule has 0 aliphatic carbocycles. The predicted molar refractivity (Wildman–Crippen MR) is 140 cm³/mol. The van der Waals surface area contributed by atoms with Gasteiger partial charge in [0.05, 0.1) is 4.91 Å². The highest BCUT2D eigenvalue weighted by Crippen LogP contribution is 2.33. The lowest BCUT2D eigenvalue weighted by molar-refractivity contribution is -0.116. The van der Waals surface area contributed by atoms with Crippen LogP contribution < -0.4 is 10.6 Å². The number of carbonyl (C=O) groups is 1. The van der Waals surface area contributed by atoms with E-state index in [1.165, 1.54) is 22.5 Å². The number of rotatable bonds is 4. The molecule has 4 aromatic rings. The van der Waals surface area contributed by atoms with Crippen molar-refractivity contribution in [3.8, 4) is 5.69 Å². The summed E-state index contributed by atoms with van der Waals surface area (Å²) in [5, 5.41) is 9.47. The van der Waals surface area contributed by atoms with Gasteiger partial charge in [-0.25, -0.2) is 0 Å². The molecule has 2 heterocycles. The molecule has 1 aliphatic heterocycles. The van der Waals surface area contributed by atoms with E-state index in [0.29, 0.717) is 9.93 Å². The van der Waals surface area contributed by atoms with Crippen molar-refractivity contribution in [2.24, 2.45) is 0 Å². The largest absolute Gasteiger partial charge is 0.356 e. The van der Waals surface area contributed by atoms with Gasteiger partial charge in [-0.05, 0) is 79.1 Å². The number of anilines is 1. The van der Waals surface area contributed by atoms with E-state index in [1.807, 2.05) is 31.2 Å². The highest BCUT2D eigenvalue weighted by molar-refractivity contribution is 8.05. The molecule has 2 N–H and O–H groups in total. The van der Waals surface area contributed by atoms with Gasteiger partial charge in [-0.3, -0.25) is 4.79 Å². The van der Waals surface area contributed by atoms with Crippen molar-refractivity contribution in [2.45, 2.75) is 26.3 Å². The standard InChI is InChI=1S/C27H24ClN3OS/c1-16-8-10-22(28)15-24(16)29-27-30-26(32)25(33-27)14-21-12-17(2)31(18(21)3)23-11-9-19-6-4-5-7-20(19)13-23/h4-15,27,29H,1-3H3,(H,30,32)/b25-14-.